The van der Waals surface area contributed by atoms with E-state index in [-0.39, 0.29) is 5.97 Å². The van der Waals surface area contributed by atoms with Crippen LogP contribution in [-0.2, 0) is 4.74 Å². The summed E-state index contributed by atoms with van der Waals surface area (Å²) >= 11 is 0. The Kier molecular flexibility index (Phi) is 4.27. The number of aryl methyl sites for hydroxylation is 2. The molecular formula is C17H17NO2. The third-order valence-electron chi connectivity index (χ3n) is 2.96. The first-order valence-electron chi connectivity index (χ1n) is 6.56. The number of aromatic nitrogens is 1. The Hall–Kier alpha value is -2.47. The van der Waals surface area contributed by atoms with E-state index in [1.54, 1.807) is 6.92 Å². The van der Waals surface area contributed by atoms with Crippen molar-refractivity contribution in [1.82, 2.24) is 4.98 Å². The zero-order valence-corrected chi connectivity index (χ0v) is 11.9. The molecule has 1 heterocycles. The van der Waals surface area contributed by atoms with Gasteiger partial charge in [0, 0.05) is 17.0 Å². The first-order valence-corrected chi connectivity index (χ1v) is 6.56. The molecule has 1 aromatic heterocycles. The molecule has 0 aliphatic carbocycles. The van der Waals surface area contributed by atoms with Crippen LogP contribution in [0.5, 0.6) is 0 Å². The number of benzene rings is 1. The molecule has 3 nitrogen and oxygen atoms in total. The summed E-state index contributed by atoms with van der Waals surface area (Å²) in [5.41, 5.74) is 3.84. The van der Waals surface area contributed by atoms with E-state index in [0.29, 0.717) is 17.7 Å². The van der Waals surface area contributed by atoms with Gasteiger partial charge in [-0.05, 0) is 32.9 Å². The van der Waals surface area contributed by atoms with E-state index in [9.17, 15) is 4.79 Å². The van der Waals surface area contributed by atoms with Gasteiger partial charge in [0.05, 0.1) is 17.7 Å². The van der Waals surface area contributed by atoms with E-state index < -0.39 is 0 Å². The van der Waals surface area contributed by atoms with Crippen LogP contribution in [0.1, 0.15) is 39.8 Å². The van der Waals surface area contributed by atoms with Gasteiger partial charge in [0.15, 0.2) is 0 Å². The van der Waals surface area contributed by atoms with Crippen molar-refractivity contribution in [1.29, 1.82) is 0 Å². The molecule has 0 atom stereocenters. The van der Waals surface area contributed by atoms with Gasteiger partial charge >= 0.3 is 5.97 Å². The average molecular weight is 267 g/mol. The Morgan fingerprint density at radius 2 is 1.85 bits per heavy atom. The second-order valence-electron chi connectivity index (χ2n) is 4.46. The monoisotopic (exact) mass is 267 g/mol. The van der Waals surface area contributed by atoms with Crippen molar-refractivity contribution < 1.29 is 9.53 Å². The molecular weight excluding hydrogens is 250 g/mol. The molecule has 0 unspecified atom stereocenters. The van der Waals surface area contributed by atoms with Crippen molar-refractivity contribution in [2.45, 2.75) is 20.8 Å². The molecule has 2 aromatic rings. The van der Waals surface area contributed by atoms with Crippen LogP contribution >= 0.6 is 0 Å². The minimum Gasteiger partial charge on any atom is -0.462 e. The highest BCUT2D eigenvalue weighted by Crippen LogP contribution is 2.18. The SMILES string of the molecule is CCOC(=O)c1c(C)[nH]c(C)c1C#Cc1ccccc1. The van der Waals surface area contributed by atoms with Gasteiger partial charge in [0.25, 0.3) is 0 Å². The summed E-state index contributed by atoms with van der Waals surface area (Å²) < 4.78 is 5.09. The number of H-pyrrole nitrogens is 1. The van der Waals surface area contributed by atoms with E-state index in [1.807, 2.05) is 44.2 Å². The summed E-state index contributed by atoms with van der Waals surface area (Å²) in [6, 6.07) is 9.69. The molecule has 0 radical (unpaired) electrons. The van der Waals surface area contributed by atoms with Crippen molar-refractivity contribution in [3.05, 3.63) is 58.4 Å². The molecule has 20 heavy (non-hydrogen) atoms. The Morgan fingerprint density at radius 3 is 2.50 bits per heavy atom. The minimum atomic E-state index is -0.327. The molecule has 0 aliphatic heterocycles. The molecule has 1 N–H and O–H groups in total. The number of nitrogens with one attached hydrogen (secondary N) is 1. The van der Waals surface area contributed by atoms with Crippen molar-refractivity contribution >= 4 is 5.97 Å². The number of hydrogen-bond acceptors (Lipinski definition) is 2. The van der Waals surface area contributed by atoms with Gasteiger partial charge in [-0.2, -0.15) is 0 Å². The zero-order chi connectivity index (χ0) is 14.5. The molecule has 1 aromatic carbocycles. The van der Waals surface area contributed by atoms with Crippen molar-refractivity contribution in [2.75, 3.05) is 6.61 Å². The zero-order valence-electron chi connectivity index (χ0n) is 11.9. The maximum absolute atomic E-state index is 12.0. The summed E-state index contributed by atoms with van der Waals surface area (Å²) in [5, 5.41) is 0. The van der Waals surface area contributed by atoms with Crippen molar-refractivity contribution in [2.24, 2.45) is 0 Å². The van der Waals surface area contributed by atoms with Crippen LogP contribution in [0.15, 0.2) is 30.3 Å². The number of aromatic amines is 1. The molecule has 0 saturated carbocycles. The maximum atomic E-state index is 12.0. The number of carbonyl (C=O) groups excluding carboxylic acids is 1. The van der Waals surface area contributed by atoms with Gasteiger partial charge in [-0.3, -0.25) is 0 Å². The smallest absolute Gasteiger partial charge is 0.341 e. The van der Waals surface area contributed by atoms with Crippen molar-refractivity contribution in [3.8, 4) is 11.8 Å². The second-order valence-corrected chi connectivity index (χ2v) is 4.46. The first kappa shape index (κ1) is 14.0. The average Bonchev–Trinajstić information content (AvgIpc) is 2.72. The lowest BCUT2D eigenvalue weighted by Crippen LogP contribution is -2.07. The van der Waals surface area contributed by atoms with E-state index in [1.165, 1.54) is 0 Å². The molecule has 0 fully saturated rings. The predicted molar refractivity (Wildman–Crippen MR) is 78.6 cm³/mol. The quantitative estimate of drug-likeness (QED) is 0.670. The van der Waals surface area contributed by atoms with Gasteiger partial charge < -0.3 is 9.72 Å². The molecule has 0 saturated heterocycles. The van der Waals surface area contributed by atoms with E-state index >= 15 is 0 Å². The number of carbonyl (C=O) groups is 1. The fourth-order valence-corrected chi connectivity index (χ4v) is 2.05. The highest BCUT2D eigenvalue weighted by atomic mass is 16.5. The molecule has 3 heteroatoms. The Balaban J connectivity index is 2.42. The summed E-state index contributed by atoms with van der Waals surface area (Å²) in [5.74, 6) is 5.82. The van der Waals surface area contributed by atoms with E-state index in [4.69, 9.17) is 4.74 Å². The molecule has 2 rings (SSSR count). The standard InChI is InChI=1S/C17H17NO2/c1-4-20-17(19)16-13(3)18-12(2)15(16)11-10-14-8-6-5-7-9-14/h5-9,18H,4H2,1-3H3. The van der Waals surface area contributed by atoms with Gasteiger partial charge in [0.1, 0.15) is 0 Å². The summed E-state index contributed by atoms with van der Waals surface area (Å²) in [4.78, 5) is 15.1. The van der Waals surface area contributed by atoms with Gasteiger partial charge in [0.2, 0.25) is 0 Å². The molecule has 0 bridgehead atoms. The van der Waals surface area contributed by atoms with Crippen LogP contribution in [0, 0.1) is 25.7 Å². The third kappa shape index (κ3) is 2.92. The molecule has 0 amide bonds. The molecule has 102 valence electrons. The number of rotatable bonds is 2. The van der Waals surface area contributed by atoms with Crippen molar-refractivity contribution in [3.63, 3.8) is 0 Å². The van der Waals surface area contributed by atoms with Gasteiger partial charge in [-0.1, -0.05) is 30.0 Å². The van der Waals surface area contributed by atoms with Crippen LogP contribution < -0.4 is 0 Å². The Labute approximate surface area is 119 Å². The lowest BCUT2D eigenvalue weighted by Gasteiger charge is -2.01. The van der Waals surface area contributed by atoms with Crippen LogP contribution in [0.4, 0.5) is 0 Å². The summed E-state index contributed by atoms with van der Waals surface area (Å²) in [6.07, 6.45) is 0. The highest BCUT2D eigenvalue weighted by Gasteiger charge is 2.18. The Morgan fingerprint density at radius 1 is 1.15 bits per heavy atom. The highest BCUT2D eigenvalue weighted by molar-refractivity contribution is 5.94. The fourth-order valence-electron chi connectivity index (χ4n) is 2.05. The predicted octanol–water partition coefficient (Wildman–Crippen LogP) is 3.21. The van der Waals surface area contributed by atoms with Crippen LogP contribution in [0.3, 0.4) is 0 Å². The van der Waals surface area contributed by atoms with Crippen LogP contribution in [-0.4, -0.2) is 17.6 Å². The maximum Gasteiger partial charge on any atom is 0.341 e. The van der Waals surface area contributed by atoms with E-state index in [0.717, 1.165) is 17.0 Å². The lowest BCUT2D eigenvalue weighted by molar-refractivity contribution is 0.0525. The van der Waals surface area contributed by atoms with Crippen LogP contribution in [0.2, 0.25) is 0 Å². The Bertz CT molecular complexity index is 672. The minimum absolute atomic E-state index is 0.327. The molecule has 0 spiro atoms. The number of ether oxygens (including phenoxy) is 1. The fraction of sp³-hybridized carbons (Fsp3) is 0.235. The first-order chi connectivity index (χ1) is 9.63. The number of hydrogen-bond donors (Lipinski definition) is 1. The normalized spacial score (nSPS) is 9.75. The molecule has 0 aliphatic rings. The largest absolute Gasteiger partial charge is 0.462 e. The van der Waals surface area contributed by atoms with Gasteiger partial charge in [-0.15, -0.1) is 0 Å². The lowest BCUT2D eigenvalue weighted by atomic mass is 10.1. The van der Waals surface area contributed by atoms with Gasteiger partial charge in [-0.25, -0.2) is 4.79 Å². The summed E-state index contributed by atoms with van der Waals surface area (Å²) in [6.45, 7) is 5.91. The second kappa shape index (κ2) is 6.12. The topological polar surface area (TPSA) is 42.1 Å². The summed E-state index contributed by atoms with van der Waals surface area (Å²) in [7, 11) is 0. The number of esters is 1. The van der Waals surface area contributed by atoms with Crippen LogP contribution in [0.25, 0.3) is 0 Å². The van der Waals surface area contributed by atoms with E-state index in [2.05, 4.69) is 16.8 Å². The third-order valence-corrected chi connectivity index (χ3v) is 2.96.